The highest BCUT2D eigenvalue weighted by molar-refractivity contribution is 5.93. The largest absolute Gasteiger partial charge is 0.433 e. The molecule has 0 aliphatic carbocycles. The lowest BCUT2D eigenvalue weighted by Crippen LogP contribution is -2.34. The van der Waals surface area contributed by atoms with Crippen molar-refractivity contribution in [1.29, 1.82) is 0 Å². The highest BCUT2D eigenvalue weighted by Gasteiger charge is 2.34. The molecule has 216 valence electrons. The molecule has 0 spiro atoms. The summed E-state index contributed by atoms with van der Waals surface area (Å²) >= 11 is 0. The Bertz CT molecular complexity index is 1500. The van der Waals surface area contributed by atoms with E-state index in [4.69, 9.17) is 0 Å². The molecule has 0 bridgehead atoms. The standard InChI is InChI=1S/C28H26F6N6O/c29-27(30,31)21-2-1-10-35-25(21)18-3-5-20-22(14-18)38-24(16-40-11-7-17(8-12-40)9-13-41)39-26(20)37-19-4-6-23(36-15-19)28(32,33)34/h1-6,10,14-15,17,41H,7-9,11-13,16H2,(H,37,38,39). The fraction of sp³-hybridized carbons (Fsp3) is 0.357. The molecular formula is C28H26F6N6O. The first-order valence-corrected chi connectivity index (χ1v) is 13.0. The molecule has 1 fully saturated rings. The second kappa shape index (κ2) is 11.6. The number of nitrogens with zero attached hydrogens (tertiary/aromatic N) is 5. The molecule has 1 aliphatic heterocycles. The van der Waals surface area contributed by atoms with Gasteiger partial charge in [-0.2, -0.15) is 26.3 Å². The number of hydrogen-bond acceptors (Lipinski definition) is 7. The molecule has 4 heterocycles. The fourth-order valence-corrected chi connectivity index (χ4v) is 4.94. The van der Waals surface area contributed by atoms with Gasteiger partial charge in [0, 0.05) is 23.8 Å². The number of rotatable bonds is 7. The molecular weight excluding hydrogens is 550 g/mol. The first-order chi connectivity index (χ1) is 19.5. The number of aliphatic hydroxyl groups excluding tert-OH is 1. The number of alkyl halides is 6. The zero-order valence-electron chi connectivity index (χ0n) is 21.7. The van der Waals surface area contributed by atoms with Gasteiger partial charge in [-0.15, -0.1) is 0 Å². The molecule has 0 radical (unpaired) electrons. The number of piperidine rings is 1. The Kier molecular flexibility index (Phi) is 8.09. The summed E-state index contributed by atoms with van der Waals surface area (Å²) in [5.74, 6) is 1.11. The third-order valence-corrected chi connectivity index (χ3v) is 7.06. The number of benzene rings is 1. The third-order valence-electron chi connectivity index (χ3n) is 7.06. The van der Waals surface area contributed by atoms with Gasteiger partial charge >= 0.3 is 12.4 Å². The van der Waals surface area contributed by atoms with E-state index in [1.165, 1.54) is 30.5 Å². The minimum absolute atomic E-state index is 0.140. The minimum atomic E-state index is -4.61. The van der Waals surface area contributed by atoms with Crippen LogP contribution in [-0.4, -0.2) is 49.6 Å². The van der Waals surface area contributed by atoms with Crippen molar-refractivity contribution in [3.63, 3.8) is 0 Å². The molecule has 3 aromatic heterocycles. The van der Waals surface area contributed by atoms with Crippen molar-refractivity contribution in [3.8, 4) is 11.3 Å². The van der Waals surface area contributed by atoms with Crippen molar-refractivity contribution >= 4 is 22.4 Å². The van der Waals surface area contributed by atoms with Gasteiger partial charge in [-0.3, -0.25) is 9.88 Å². The Hall–Kier alpha value is -3.84. The Labute approximate surface area is 231 Å². The van der Waals surface area contributed by atoms with Gasteiger partial charge in [-0.05, 0) is 74.7 Å². The van der Waals surface area contributed by atoms with E-state index in [1.807, 2.05) is 0 Å². The fourth-order valence-electron chi connectivity index (χ4n) is 4.94. The number of anilines is 2. The predicted octanol–water partition coefficient (Wildman–Crippen LogP) is 6.46. The number of pyridine rings is 2. The Morgan fingerprint density at radius 2 is 1.71 bits per heavy atom. The molecule has 0 atom stereocenters. The van der Waals surface area contributed by atoms with Gasteiger partial charge in [0.2, 0.25) is 0 Å². The van der Waals surface area contributed by atoms with Gasteiger partial charge < -0.3 is 10.4 Å². The second-order valence-corrected chi connectivity index (χ2v) is 9.90. The van der Waals surface area contributed by atoms with E-state index in [0.29, 0.717) is 29.2 Å². The maximum atomic E-state index is 13.7. The van der Waals surface area contributed by atoms with Gasteiger partial charge in [0.15, 0.2) is 0 Å². The highest BCUT2D eigenvalue weighted by atomic mass is 19.4. The number of halogens is 6. The Balaban J connectivity index is 1.52. The van der Waals surface area contributed by atoms with Crippen LogP contribution in [0.2, 0.25) is 0 Å². The number of aromatic nitrogens is 4. The summed E-state index contributed by atoms with van der Waals surface area (Å²) in [6, 6.07) is 8.80. The first kappa shape index (κ1) is 28.7. The average Bonchev–Trinajstić information content (AvgIpc) is 2.93. The summed E-state index contributed by atoms with van der Waals surface area (Å²) in [5.41, 5.74) is -1.35. The highest BCUT2D eigenvalue weighted by Crippen LogP contribution is 2.37. The van der Waals surface area contributed by atoms with Crippen LogP contribution in [0.4, 0.5) is 37.8 Å². The van der Waals surface area contributed by atoms with Crippen LogP contribution in [0.5, 0.6) is 0 Å². The molecule has 0 saturated carbocycles. The van der Waals surface area contributed by atoms with Crippen molar-refractivity contribution in [2.45, 2.75) is 38.2 Å². The number of aliphatic hydroxyl groups is 1. The molecule has 4 aromatic rings. The quantitative estimate of drug-likeness (QED) is 0.244. The molecule has 2 N–H and O–H groups in total. The van der Waals surface area contributed by atoms with E-state index < -0.39 is 23.6 Å². The van der Waals surface area contributed by atoms with Crippen molar-refractivity contribution in [3.05, 3.63) is 71.9 Å². The number of hydrogen-bond donors (Lipinski definition) is 2. The third kappa shape index (κ3) is 6.73. The first-order valence-electron chi connectivity index (χ1n) is 13.0. The van der Waals surface area contributed by atoms with Crippen molar-refractivity contribution in [1.82, 2.24) is 24.8 Å². The van der Waals surface area contributed by atoms with Crippen LogP contribution in [0.1, 0.15) is 36.3 Å². The van der Waals surface area contributed by atoms with E-state index in [1.54, 1.807) is 6.07 Å². The maximum absolute atomic E-state index is 13.7. The van der Waals surface area contributed by atoms with Gasteiger partial charge in [0.25, 0.3) is 0 Å². The van der Waals surface area contributed by atoms with Gasteiger partial charge in [0.1, 0.15) is 17.3 Å². The summed E-state index contributed by atoms with van der Waals surface area (Å²) in [6.45, 7) is 2.03. The number of nitrogens with one attached hydrogen (secondary N) is 1. The van der Waals surface area contributed by atoms with Crippen molar-refractivity contribution < 1.29 is 31.4 Å². The maximum Gasteiger partial charge on any atom is 0.433 e. The molecule has 5 rings (SSSR count). The molecule has 0 unspecified atom stereocenters. The summed E-state index contributed by atoms with van der Waals surface area (Å²) in [7, 11) is 0. The second-order valence-electron chi connectivity index (χ2n) is 9.90. The van der Waals surface area contributed by atoms with Crippen LogP contribution in [0.3, 0.4) is 0 Å². The molecule has 0 amide bonds. The van der Waals surface area contributed by atoms with E-state index >= 15 is 0 Å². The van der Waals surface area contributed by atoms with E-state index in [-0.39, 0.29) is 29.4 Å². The summed E-state index contributed by atoms with van der Waals surface area (Å²) in [6.07, 6.45) is -4.33. The van der Waals surface area contributed by atoms with Crippen LogP contribution in [-0.2, 0) is 18.9 Å². The smallest absolute Gasteiger partial charge is 0.396 e. The van der Waals surface area contributed by atoms with Gasteiger partial charge in [-0.25, -0.2) is 15.0 Å². The SMILES string of the molecule is OCCC1CCN(Cc2nc(Nc3ccc(C(F)(F)F)nc3)c3ccc(-c4ncccc4C(F)(F)F)cc3n2)CC1. The Morgan fingerprint density at radius 3 is 2.37 bits per heavy atom. The monoisotopic (exact) mass is 576 g/mol. The normalized spacial score (nSPS) is 15.4. The number of likely N-dealkylation sites (tertiary alicyclic amines) is 1. The minimum Gasteiger partial charge on any atom is -0.396 e. The summed E-state index contributed by atoms with van der Waals surface area (Å²) in [5, 5.41) is 12.7. The molecule has 13 heteroatoms. The van der Waals surface area contributed by atoms with Crippen LogP contribution >= 0.6 is 0 Å². The van der Waals surface area contributed by atoms with E-state index in [9.17, 15) is 31.4 Å². The number of fused-ring (bicyclic) bond motifs is 1. The molecule has 1 aromatic carbocycles. The molecule has 7 nitrogen and oxygen atoms in total. The summed E-state index contributed by atoms with van der Waals surface area (Å²) in [4.78, 5) is 18.9. The molecule has 41 heavy (non-hydrogen) atoms. The lowest BCUT2D eigenvalue weighted by Gasteiger charge is -2.31. The Morgan fingerprint density at radius 1 is 0.927 bits per heavy atom. The lowest BCUT2D eigenvalue weighted by molar-refractivity contribution is -0.141. The van der Waals surface area contributed by atoms with Crippen LogP contribution in [0, 0.1) is 5.92 Å². The van der Waals surface area contributed by atoms with Gasteiger partial charge in [0.05, 0.1) is 35.2 Å². The zero-order valence-corrected chi connectivity index (χ0v) is 21.7. The lowest BCUT2D eigenvalue weighted by atomic mass is 9.94. The van der Waals surface area contributed by atoms with Crippen molar-refractivity contribution in [2.75, 3.05) is 25.0 Å². The topological polar surface area (TPSA) is 87.1 Å². The van der Waals surface area contributed by atoms with Crippen LogP contribution < -0.4 is 5.32 Å². The van der Waals surface area contributed by atoms with Crippen molar-refractivity contribution in [2.24, 2.45) is 5.92 Å². The average molecular weight is 577 g/mol. The van der Waals surface area contributed by atoms with Crippen LogP contribution in [0.15, 0.2) is 54.9 Å². The zero-order chi connectivity index (χ0) is 29.2. The summed E-state index contributed by atoms with van der Waals surface area (Å²) < 4.78 is 80.0. The van der Waals surface area contributed by atoms with E-state index in [2.05, 4.69) is 30.2 Å². The van der Waals surface area contributed by atoms with Gasteiger partial charge in [-0.1, -0.05) is 6.07 Å². The van der Waals surface area contributed by atoms with Crippen LogP contribution in [0.25, 0.3) is 22.2 Å². The predicted molar refractivity (Wildman–Crippen MR) is 140 cm³/mol. The van der Waals surface area contributed by atoms with E-state index in [0.717, 1.165) is 50.7 Å². The molecule has 1 saturated heterocycles. The molecule has 1 aliphatic rings.